The topological polar surface area (TPSA) is 222 Å². The number of hydrogen-bond acceptors (Lipinski definition) is 16. The molecule has 422 valence electrons. The molecule has 1 saturated heterocycles. The summed E-state index contributed by atoms with van der Waals surface area (Å²) in [5.74, 6) is 4.22. The van der Waals surface area contributed by atoms with Crippen molar-refractivity contribution in [3.05, 3.63) is 90.7 Å². The summed E-state index contributed by atoms with van der Waals surface area (Å²) in [6, 6.07) is 12.5. The molecule has 80 heavy (non-hydrogen) atoms. The number of aromatic nitrogens is 14. The molecule has 1 fully saturated rings. The Morgan fingerprint density at radius 2 is 1.11 bits per heavy atom. The van der Waals surface area contributed by atoms with Crippen LogP contribution in [0.5, 0.6) is 11.5 Å². The minimum atomic E-state index is -0.909. The summed E-state index contributed by atoms with van der Waals surface area (Å²) in [7, 11) is -0.489. The number of ether oxygens (including phenoxy) is 4. The van der Waals surface area contributed by atoms with Gasteiger partial charge in [0.05, 0.1) is 54.8 Å². The Balaban J connectivity index is 0.000000151. The van der Waals surface area contributed by atoms with E-state index < -0.39 is 29.4 Å². The zero-order chi connectivity index (χ0) is 57.5. The summed E-state index contributed by atoms with van der Waals surface area (Å²) in [6.45, 7) is 30.2. The smallest absolute Gasteiger partial charge is 0.491 e. The summed E-state index contributed by atoms with van der Waals surface area (Å²) in [5.41, 5.74) is 3.53. The van der Waals surface area contributed by atoms with E-state index in [1.165, 1.54) is 0 Å². The highest BCUT2D eigenvalue weighted by molar-refractivity contribution is 9.10. The van der Waals surface area contributed by atoms with Crippen LogP contribution in [0, 0.1) is 0 Å². The summed E-state index contributed by atoms with van der Waals surface area (Å²) in [4.78, 5) is 43.0. The number of rotatable bonds is 12. The highest BCUT2D eigenvalue weighted by Crippen LogP contribution is 2.39. The van der Waals surface area contributed by atoms with Crippen LogP contribution in [0.1, 0.15) is 109 Å². The molecule has 24 heteroatoms. The van der Waals surface area contributed by atoms with E-state index in [-0.39, 0.29) is 24.0 Å². The number of fused-ring (bicyclic) bond motifs is 6. The Labute approximate surface area is 474 Å². The second kappa shape index (κ2) is 22.6. The third-order valence-corrected chi connectivity index (χ3v) is 15.0. The molecule has 3 aliphatic rings. The number of halogens is 1. The molecule has 0 atom stereocenters. The van der Waals surface area contributed by atoms with Crippen LogP contribution in [0.25, 0.3) is 56.9 Å². The minimum absolute atomic E-state index is 0.182. The molecule has 0 amide bonds. The van der Waals surface area contributed by atoms with Gasteiger partial charge in [-0.1, -0.05) is 22.0 Å². The molecule has 22 nitrogen and oxygen atoms in total. The van der Waals surface area contributed by atoms with Crippen molar-refractivity contribution in [3.8, 4) is 68.4 Å². The van der Waals surface area contributed by atoms with E-state index in [9.17, 15) is 9.59 Å². The highest BCUT2D eigenvalue weighted by atomic mass is 79.9. The van der Waals surface area contributed by atoms with Crippen molar-refractivity contribution < 1.29 is 37.8 Å². The lowest BCUT2D eigenvalue weighted by atomic mass is 9.82. The fourth-order valence-electron chi connectivity index (χ4n) is 9.08. The van der Waals surface area contributed by atoms with Crippen LogP contribution >= 0.6 is 15.9 Å². The molecule has 0 unspecified atom stereocenters. The van der Waals surface area contributed by atoms with Gasteiger partial charge in [-0.25, -0.2) is 38.9 Å². The van der Waals surface area contributed by atoms with E-state index in [4.69, 9.17) is 38.2 Å². The number of nitrogens with zero attached hydrogens (tertiary/aromatic N) is 14. The largest absolute Gasteiger partial charge is 0.498 e. The van der Waals surface area contributed by atoms with E-state index in [0.717, 1.165) is 84.9 Å². The zero-order valence-electron chi connectivity index (χ0n) is 48.0. The zero-order valence-corrected chi connectivity index (χ0v) is 49.5. The van der Waals surface area contributed by atoms with Gasteiger partial charge in [-0.15, -0.1) is 0 Å². The Morgan fingerprint density at radius 3 is 1.61 bits per heavy atom. The second-order valence-corrected chi connectivity index (χ2v) is 23.0. The summed E-state index contributed by atoms with van der Waals surface area (Å²) in [5, 5.41) is 17.4. The summed E-state index contributed by atoms with van der Waals surface area (Å²) < 4.78 is 46.4. The second-order valence-electron chi connectivity index (χ2n) is 22.1. The van der Waals surface area contributed by atoms with E-state index in [1.807, 2.05) is 92.0 Å². The standard InChI is InChI=1S/C25H29N7O3.C16H16BrN5O.C15H25BN2O4/c1-6-34-24(33)25(4,5)31-13-18(12-27-31)17-7-8-19-21(11-17)35-10-9-30-14-20(29-22(19)30)23-26-15-28-32(23)16(2)3;1-10(2)22-16(18-9-19-22)13-8-21-5-6-23-14-7-11(17)3-4-12(14)15(21)20-13;1-8-20-12(19)13(2,3)18-10-11(9-17-18)16-21-14(4,5)15(6,7)22-16/h7-8,11-16H,6,9-10H2,1-5H3;3-4,7-10H,5-6H2,1-2H3;9-10H,8H2,1-7H3. The third kappa shape index (κ3) is 11.3. The van der Waals surface area contributed by atoms with Crippen LogP contribution in [0.15, 0.2) is 90.7 Å². The van der Waals surface area contributed by atoms with Crippen molar-refractivity contribution in [1.29, 1.82) is 0 Å². The Hall–Kier alpha value is -7.44. The van der Waals surface area contributed by atoms with Crippen molar-refractivity contribution in [2.24, 2.45) is 0 Å². The molecule has 0 bridgehead atoms. The van der Waals surface area contributed by atoms with Gasteiger partial charge in [0.25, 0.3) is 0 Å². The Kier molecular flexibility index (Phi) is 16.2. The highest BCUT2D eigenvalue weighted by Gasteiger charge is 2.52. The molecule has 0 aliphatic carbocycles. The van der Waals surface area contributed by atoms with Crippen LogP contribution < -0.4 is 14.9 Å². The molecule has 2 aromatic carbocycles. The SMILES string of the molecule is CC(C)n1ncnc1-c1cn2c(n1)-c1ccc(Br)cc1OCC2.CCOC(=O)C(C)(C)n1cc(-c2ccc3c(c2)OCCn2cc(-c4ncnn4C(C)C)nc2-3)cn1.CCOC(=O)C(C)(C)n1cc(B2OC(C)(C)C(C)(C)O2)cn1. The van der Waals surface area contributed by atoms with Gasteiger partial charge in [0.15, 0.2) is 22.7 Å². The van der Waals surface area contributed by atoms with Gasteiger partial charge >= 0.3 is 19.1 Å². The van der Waals surface area contributed by atoms with Gasteiger partial charge in [-0.3, -0.25) is 9.36 Å². The average molecular weight is 1160 g/mol. The maximum atomic E-state index is 12.4. The number of benzene rings is 2. The molecule has 11 rings (SSSR count). The van der Waals surface area contributed by atoms with Gasteiger partial charge in [0, 0.05) is 58.6 Å². The van der Waals surface area contributed by atoms with Crippen LogP contribution in [0.3, 0.4) is 0 Å². The van der Waals surface area contributed by atoms with Crippen LogP contribution in [0.2, 0.25) is 0 Å². The number of hydrogen-bond donors (Lipinski definition) is 0. The first kappa shape index (κ1) is 57.3. The van der Waals surface area contributed by atoms with Gasteiger partial charge < -0.3 is 37.4 Å². The van der Waals surface area contributed by atoms with Crippen LogP contribution in [0.4, 0.5) is 0 Å². The number of imidazole rings is 2. The van der Waals surface area contributed by atoms with E-state index in [2.05, 4.69) is 83.1 Å². The van der Waals surface area contributed by atoms with Crippen LogP contribution in [-0.4, -0.2) is 125 Å². The van der Waals surface area contributed by atoms with Crippen molar-refractivity contribution in [2.45, 2.75) is 144 Å². The van der Waals surface area contributed by atoms with Gasteiger partial charge in [0.1, 0.15) is 60.4 Å². The Morgan fingerprint density at radius 1 is 0.637 bits per heavy atom. The molecule has 0 spiro atoms. The van der Waals surface area contributed by atoms with Gasteiger partial charge in [0.2, 0.25) is 0 Å². The predicted molar refractivity (Wildman–Crippen MR) is 304 cm³/mol. The quantitative estimate of drug-likeness (QED) is 0.0822. The fourth-order valence-corrected chi connectivity index (χ4v) is 9.42. The first-order valence-electron chi connectivity index (χ1n) is 26.9. The fraction of sp³-hybridized carbons (Fsp3) is 0.464. The van der Waals surface area contributed by atoms with Gasteiger partial charge in [-0.2, -0.15) is 20.4 Å². The van der Waals surface area contributed by atoms with Crippen molar-refractivity contribution in [3.63, 3.8) is 0 Å². The molecular formula is C56H70BBrN14O8. The lowest BCUT2D eigenvalue weighted by Gasteiger charge is -2.32. The first-order valence-corrected chi connectivity index (χ1v) is 27.7. The van der Waals surface area contributed by atoms with Gasteiger partial charge in [-0.05, 0) is 133 Å². The van der Waals surface area contributed by atoms with E-state index >= 15 is 0 Å². The van der Waals surface area contributed by atoms with Crippen molar-refractivity contribution in [2.75, 3.05) is 26.4 Å². The third-order valence-electron chi connectivity index (χ3n) is 14.5. The summed E-state index contributed by atoms with van der Waals surface area (Å²) >= 11 is 3.49. The lowest BCUT2D eigenvalue weighted by molar-refractivity contribution is -0.153. The number of carbonyl (C=O) groups excluding carboxylic acids is 2. The van der Waals surface area contributed by atoms with Crippen LogP contribution in [-0.2, 0) is 52.5 Å². The molecule has 0 radical (unpaired) electrons. The molecule has 3 aliphatic heterocycles. The first-order chi connectivity index (χ1) is 37.9. The molecule has 0 saturated carbocycles. The van der Waals surface area contributed by atoms with E-state index in [0.29, 0.717) is 33.0 Å². The minimum Gasteiger partial charge on any atom is -0.491 e. The van der Waals surface area contributed by atoms with E-state index in [1.54, 1.807) is 82.2 Å². The maximum Gasteiger partial charge on any atom is 0.498 e. The Bertz CT molecular complexity index is 3490. The lowest BCUT2D eigenvalue weighted by Crippen LogP contribution is -2.41. The number of carbonyl (C=O) groups is 2. The van der Waals surface area contributed by atoms with Crippen molar-refractivity contribution >= 4 is 40.4 Å². The molecule has 0 N–H and O–H groups in total. The molecule has 9 heterocycles. The average Bonchev–Trinajstić information content (AvgIpc) is 4.29. The monoisotopic (exact) mass is 1160 g/mol. The number of esters is 2. The summed E-state index contributed by atoms with van der Waals surface area (Å²) in [6.07, 6.45) is 14.2. The molecule has 6 aromatic heterocycles. The predicted octanol–water partition coefficient (Wildman–Crippen LogP) is 8.97. The molecule has 8 aromatic rings. The van der Waals surface area contributed by atoms with Crippen molar-refractivity contribution in [1.82, 2.24) is 68.2 Å². The molecular weight excluding hydrogens is 1090 g/mol. The normalized spacial score (nSPS) is 15.2. The maximum absolute atomic E-state index is 12.4.